The molecule has 0 spiro atoms. The second kappa shape index (κ2) is 10.1. The molecule has 2 aromatic heterocycles. The monoisotopic (exact) mass is 535 g/mol. The second-order valence-corrected chi connectivity index (χ2v) is 11.5. The van der Waals surface area contributed by atoms with Crippen LogP contribution in [0.5, 0.6) is 0 Å². The van der Waals surface area contributed by atoms with Crippen molar-refractivity contribution < 1.29 is 13.2 Å². The summed E-state index contributed by atoms with van der Waals surface area (Å²) >= 11 is 6.23. The van der Waals surface area contributed by atoms with Crippen LogP contribution in [0.25, 0.3) is 10.8 Å². The number of carbonyl (C=O) groups excluding carboxylic acids is 1. The van der Waals surface area contributed by atoms with Gasteiger partial charge in [-0.15, -0.1) is 0 Å². The van der Waals surface area contributed by atoms with Crippen molar-refractivity contribution in [1.82, 2.24) is 14.9 Å². The van der Waals surface area contributed by atoms with Crippen molar-refractivity contribution in [2.24, 2.45) is 5.92 Å². The topological polar surface area (TPSA) is 104 Å². The maximum absolute atomic E-state index is 12.8. The van der Waals surface area contributed by atoms with E-state index >= 15 is 0 Å². The van der Waals surface area contributed by atoms with Crippen molar-refractivity contribution in [2.45, 2.75) is 23.8 Å². The summed E-state index contributed by atoms with van der Waals surface area (Å²) in [5.74, 6) is 0.0615. The highest BCUT2D eigenvalue weighted by atomic mass is 35.5. The molecule has 8 nitrogen and oxygen atoms in total. The highest BCUT2D eigenvalue weighted by molar-refractivity contribution is 7.92. The van der Waals surface area contributed by atoms with Gasteiger partial charge in [0.25, 0.3) is 10.0 Å². The van der Waals surface area contributed by atoms with Crippen LogP contribution in [-0.4, -0.2) is 43.3 Å². The zero-order valence-corrected chi connectivity index (χ0v) is 21.9. The molecule has 0 saturated heterocycles. The lowest BCUT2D eigenvalue weighted by Crippen LogP contribution is -2.15. The molecule has 1 aliphatic rings. The van der Waals surface area contributed by atoms with E-state index in [1.54, 1.807) is 48.9 Å². The molecule has 2 heterocycles. The number of hydrogen-bond acceptors (Lipinski definition) is 6. The van der Waals surface area contributed by atoms with Gasteiger partial charge in [0.1, 0.15) is 5.82 Å². The van der Waals surface area contributed by atoms with Gasteiger partial charge in [0.2, 0.25) is 5.91 Å². The van der Waals surface area contributed by atoms with E-state index in [0.29, 0.717) is 17.1 Å². The van der Waals surface area contributed by atoms with Crippen LogP contribution >= 0.6 is 11.6 Å². The first-order valence-corrected chi connectivity index (χ1v) is 13.6. The van der Waals surface area contributed by atoms with E-state index in [9.17, 15) is 13.2 Å². The first-order chi connectivity index (χ1) is 17.7. The molecule has 37 heavy (non-hydrogen) atoms. The molecule has 1 amide bonds. The van der Waals surface area contributed by atoms with E-state index in [-0.39, 0.29) is 28.5 Å². The Morgan fingerprint density at radius 2 is 1.84 bits per heavy atom. The minimum absolute atomic E-state index is 0.0452. The average Bonchev–Trinajstić information content (AvgIpc) is 3.67. The minimum atomic E-state index is -3.78. The van der Waals surface area contributed by atoms with Gasteiger partial charge in [-0.05, 0) is 67.9 Å². The van der Waals surface area contributed by atoms with Crippen molar-refractivity contribution >= 4 is 49.8 Å². The van der Waals surface area contributed by atoms with Gasteiger partial charge in [0, 0.05) is 47.5 Å². The Morgan fingerprint density at radius 3 is 2.54 bits per heavy atom. The molecule has 2 N–H and O–H groups in total. The summed E-state index contributed by atoms with van der Waals surface area (Å²) in [5.41, 5.74) is 2.59. The summed E-state index contributed by atoms with van der Waals surface area (Å²) in [7, 11) is 0.128. The molecular weight excluding hydrogens is 510 g/mol. The lowest BCUT2D eigenvalue weighted by Gasteiger charge is -2.11. The Hall–Kier alpha value is -3.53. The van der Waals surface area contributed by atoms with E-state index in [1.165, 1.54) is 0 Å². The number of rotatable bonds is 8. The zero-order chi connectivity index (χ0) is 26.2. The van der Waals surface area contributed by atoms with Gasteiger partial charge in [-0.25, -0.2) is 13.4 Å². The number of benzene rings is 2. The van der Waals surface area contributed by atoms with Gasteiger partial charge in [-0.3, -0.25) is 14.5 Å². The van der Waals surface area contributed by atoms with E-state index in [4.69, 9.17) is 11.6 Å². The summed E-state index contributed by atoms with van der Waals surface area (Å²) in [4.78, 5) is 23.3. The molecule has 4 aromatic rings. The van der Waals surface area contributed by atoms with Gasteiger partial charge in [0.05, 0.1) is 9.92 Å². The summed E-state index contributed by atoms with van der Waals surface area (Å²) in [6.07, 6.45) is 5.66. The number of amides is 1. The predicted octanol–water partition coefficient (Wildman–Crippen LogP) is 4.89. The van der Waals surface area contributed by atoms with E-state index in [2.05, 4.69) is 20.0 Å². The molecule has 2 atom stereocenters. The smallest absolute Gasteiger partial charge is 0.263 e. The van der Waals surface area contributed by atoms with Crippen molar-refractivity contribution in [3.63, 3.8) is 0 Å². The third kappa shape index (κ3) is 5.74. The number of nitrogens with zero attached hydrogens (tertiary/aromatic N) is 3. The number of aromatic nitrogens is 2. The largest absolute Gasteiger partial charge is 0.326 e. The van der Waals surface area contributed by atoms with E-state index in [1.807, 2.05) is 43.3 Å². The van der Waals surface area contributed by atoms with Gasteiger partial charge in [-0.1, -0.05) is 35.9 Å². The molecule has 190 valence electrons. The molecule has 0 radical (unpaired) electrons. The summed E-state index contributed by atoms with van der Waals surface area (Å²) in [6, 6.07) is 15.7. The third-order valence-corrected chi connectivity index (χ3v) is 7.96. The number of hydrogen-bond donors (Lipinski definition) is 2. The predicted molar refractivity (Wildman–Crippen MR) is 145 cm³/mol. The average molecular weight is 536 g/mol. The van der Waals surface area contributed by atoms with Crippen LogP contribution < -0.4 is 10.0 Å². The lowest BCUT2D eigenvalue weighted by atomic mass is 10.1. The quantitative estimate of drug-likeness (QED) is 0.333. The highest BCUT2D eigenvalue weighted by Gasteiger charge is 2.44. The fourth-order valence-corrected chi connectivity index (χ4v) is 5.56. The number of fused-ring (bicyclic) bond motifs is 1. The number of halogens is 1. The minimum Gasteiger partial charge on any atom is -0.326 e. The number of anilines is 2. The van der Waals surface area contributed by atoms with Crippen LogP contribution in [0, 0.1) is 5.92 Å². The van der Waals surface area contributed by atoms with Crippen LogP contribution in [0.3, 0.4) is 0 Å². The van der Waals surface area contributed by atoms with Crippen LogP contribution in [0.2, 0.25) is 5.02 Å². The molecule has 2 aromatic carbocycles. The van der Waals surface area contributed by atoms with E-state index < -0.39 is 10.0 Å². The van der Waals surface area contributed by atoms with Crippen LogP contribution in [0.1, 0.15) is 23.5 Å². The molecule has 1 unspecified atom stereocenters. The van der Waals surface area contributed by atoms with E-state index in [0.717, 1.165) is 28.4 Å². The Bertz CT molecular complexity index is 1560. The Morgan fingerprint density at radius 1 is 1.05 bits per heavy atom. The van der Waals surface area contributed by atoms with Gasteiger partial charge in [0.15, 0.2) is 0 Å². The summed E-state index contributed by atoms with van der Waals surface area (Å²) < 4.78 is 28.2. The number of pyridine rings is 2. The Balaban J connectivity index is 1.21. The second-order valence-electron chi connectivity index (χ2n) is 9.46. The Labute approximate surface area is 220 Å². The third-order valence-electron chi connectivity index (χ3n) is 6.29. The molecule has 10 heteroatoms. The van der Waals surface area contributed by atoms with Crippen molar-refractivity contribution in [2.75, 3.05) is 24.1 Å². The van der Waals surface area contributed by atoms with Gasteiger partial charge >= 0.3 is 0 Å². The first kappa shape index (κ1) is 25.1. The maximum atomic E-state index is 12.8. The number of sulfonamides is 1. The summed E-state index contributed by atoms with van der Waals surface area (Å²) in [6.45, 7) is 0.718. The van der Waals surface area contributed by atoms with Crippen LogP contribution in [0.15, 0.2) is 78.1 Å². The molecule has 1 aliphatic carbocycles. The fraction of sp³-hybridized carbons (Fsp3) is 0.222. The molecule has 1 saturated carbocycles. The SMILES string of the molecule is CN(C)Cc1ccc(NS(=O)(=O)c2ccc(C3C[C@H]3C(=O)Nc3ccc4cncc(Cl)c4c3)cc2)nc1. The number of carbonyl (C=O) groups is 1. The zero-order valence-electron chi connectivity index (χ0n) is 20.3. The molecule has 0 bridgehead atoms. The molecule has 0 aliphatic heterocycles. The number of nitrogens with one attached hydrogen (secondary N) is 2. The van der Waals surface area contributed by atoms with Gasteiger partial charge < -0.3 is 10.2 Å². The van der Waals surface area contributed by atoms with Gasteiger partial charge in [-0.2, -0.15) is 0 Å². The van der Waals surface area contributed by atoms with Crippen molar-refractivity contribution in [3.05, 3.63) is 89.3 Å². The Kier molecular flexibility index (Phi) is 6.85. The standard InChI is InChI=1S/C27H26ClN5O3S/c1-33(2)16-17-3-10-26(30-13-17)32-37(35,36)21-8-5-18(6-9-21)22-12-24(22)27(34)31-20-7-4-19-14-29-15-25(28)23(19)11-20/h3-11,13-15,22,24H,12,16H2,1-2H3,(H,30,32)(H,31,34)/t22?,24-/m1/s1. The normalized spacial score (nSPS) is 17.1. The van der Waals surface area contributed by atoms with Crippen molar-refractivity contribution in [1.29, 1.82) is 0 Å². The maximum Gasteiger partial charge on any atom is 0.263 e. The highest BCUT2D eigenvalue weighted by Crippen LogP contribution is 2.48. The van der Waals surface area contributed by atoms with Crippen LogP contribution in [-0.2, 0) is 21.4 Å². The van der Waals surface area contributed by atoms with Crippen molar-refractivity contribution in [3.8, 4) is 0 Å². The molecule has 1 fully saturated rings. The fourth-order valence-electron chi connectivity index (χ4n) is 4.33. The lowest BCUT2D eigenvalue weighted by molar-refractivity contribution is -0.117. The van der Waals surface area contributed by atoms with Crippen LogP contribution in [0.4, 0.5) is 11.5 Å². The summed E-state index contributed by atoms with van der Waals surface area (Å²) in [5, 5.41) is 5.22. The molecular formula is C27H26ClN5O3S. The first-order valence-electron chi connectivity index (χ1n) is 11.8. The molecule has 5 rings (SSSR count).